The van der Waals surface area contributed by atoms with E-state index in [-0.39, 0.29) is 28.5 Å². The van der Waals surface area contributed by atoms with Crippen molar-refractivity contribution in [1.29, 1.82) is 0 Å². The maximum atomic E-state index is 11.6. The van der Waals surface area contributed by atoms with E-state index < -0.39 is 5.97 Å². The topological polar surface area (TPSA) is 46.5 Å². The summed E-state index contributed by atoms with van der Waals surface area (Å²) in [5.74, 6) is -1.04. The summed E-state index contributed by atoms with van der Waals surface area (Å²) in [5.41, 5.74) is -0.857. The van der Waals surface area contributed by atoms with Crippen LogP contribution in [0, 0.1) is 17.3 Å². The van der Waals surface area contributed by atoms with Gasteiger partial charge in [0.15, 0.2) is 0 Å². The Kier molecular flexibility index (Phi) is 3.39. The molecular formula is C14H26O3. The van der Waals surface area contributed by atoms with E-state index in [0.29, 0.717) is 0 Å². The van der Waals surface area contributed by atoms with Gasteiger partial charge < -0.3 is 9.84 Å². The number of hydrogen-bond donors (Lipinski definition) is 1. The van der Waals surface area contributed by atoms with Gasteiger partial charge >= 0.3 is 5.97 Å². The lowest BCUT2D eigenvalue weighted by Crippen LogP contribution is -2.43. The number of aliphatic carboxylic acids is 1. The number of hydrogen-bond acceptors (Lipinski definition) is 2. The van der Waals surface area contributed by atoms with Crippen LogP contribution in [0.15, 0.2) is 0 Å². The normalized spacial score (nSPS) is 29.0. The van der Waals surface area contributed by atoms with Gasteiger partial charge in [0.25, 0.3) is 0 Å². The molecule has 1 heterocycles. The molecule has 0 spiro atoms. The average Bonchev–Trinajstić information content (AvgIpc) is 2.14. The van der Waals surface area contributed by atoms with Crippen molar-refractivity contribution in [1.82, 2.24) is 0 Å². The SMILES string of the molecule is CC1(C)CC(C(C(=O)O)C(C)(C)C)C(C)(C)O1. The summed E-state index contributed by atoms with van der Waals surface area (Å²) in [4.78, 5) is 11.6. The molecule has 0 aliphatic carbocycles. The lowest BCUT2D eigenvalue weighted by atomic mass is 9.67. The Morgan fingerprint density at radius 2 is 1.76 bits per heavy atom. The third kappa shape index (κ3) is 3.01. The molecule has 0 bridgehead atoms. The molecule has 3 heteroatoms. The van der Waals surface area contributed by atoms with Crippen molar-refractivity contribution in [3.63, 3.8) is 0 Å². The maximum absolute atomic E-state index is 11.6. The van der Waals surface area contributed by atoms with E-state index in [1.54, 1.807) is 0 Å². The molecule has 0 radical (unpaired) electrons. The van der Waals surface area contributed by atoms with Crippen LogP contribution in [0.25, 0.3) is 0 Å². The van der Waals surface area contributed by atoms with Crippen LogP contribution in [-0.4, -0.2) is 22.3 Å². The van der Waals surface area contributed by atoms with Crippen molar-refractivity contribution in [2.24, 2.45) is 17.3 Å². The number of carboxylic acids is 1. The van der Waals surface area contributed by atoms with E-state index >= 15 is 0 Å². The van der Waals surface area contributed by atoms with Crippen LogP contribution >= 0.6 is 0 Å². The van der Waals surface area contributed by atoms with Crippen molar-refractivity contribution in [3.8, 4) is 0 Å². The van der Waals surface area contributed by atoms with Crippen molar-refractivity contribution >= 4 is 5.97 Å². The fourth-order valence-electron chi connectivity index (χ4n) is 3.27. The minimum Gasteiger partial charge on any atom is -0.481 e. The summed E-state index contributed by atoms with van der Waals surface area (Å²) < 4.78 is 6.01. The number of rotatable bonds is 2. The largest absolute Gasteiger partial charge is 0.481 e. The maximum Gasteiger partial charge on any atom is 0.307 e. The van der Waals surface area contributed by atoms with Gasteiger partial charge in [0.2, 0.25) is 0 Å². The van der Waals surface area contributed by atoms with E-state index in [1.165, 1.54) is 0 Å². The van der Waals surface area contributed by atoms with E-state index in [1.807, 2.05) is 48.5 Å². The second kappa shape index (κ2) is 3.98. The fourth-order valence-corrected chi connectivity index (χ4v) is 3.27. The minimum atomic E-state index is -0.711. The molecule has 0 saturated carbocycles. The molecule has 1 saturated heterocycles. The third-order valence-corrected chi connectivity index (χ3v) is 3.75. The molecule has 17 heavy (non-hydrogen) atoms. The fraction of sp³-hybridized carbons (Fsp3) is 0.929. The number of carboxylic acid groups (broad SMARTS) is 1. The van der Waals surface area contributed by atoms with Gasteiger partial charge in [-0.25, -0.2) is 0 Å². The summed E-state index contributed by atoms with van der Waals surface area (Å²) in [6.07, 6.45) is 0.800. The molecule has 2 unspecified atom stereocenters. The molecule has 1 rings (SSSR count). The predicted octanol–water partition coefficient (Wildman–Crippen LogP) is 3.33. The van der Waals surface area contributed by atoms with Gasteiger partial charge in [0.1, 0.15) is 0 Å². The van der Waals surface area contributed by atoms with E-state index in [9.17, 15) is 9.90 Å². The van der Waals surface area contributed by atoms with E-state index in [4.69, 9.17) is 4.74 Å². The third-order valence-electron chi connectivity index (χ3n) is 3.75. The lowest BCUT2D eigenvalue weighted by Gasteiger charge is -2.37. The summed E-state index contributed by atoms with van der Waals surface area (Å²) in [6.45, 7) is 14.1. The zero-order valence-corrected chi connectivity index (χ0v) is 12.1. The van der Waals surface area contributed by atoms with Crippen LogP contribution in [0.3, 0.4) is 0 Å². The first-order valence-corrected chi connectivity index (χ1v) is 6.30. The molecule has 0 aromatic carbocycles. The van der Waals surface area contributed by atoms with Gasteiger partial charge in [0, 0.05) is 5.92 Å². The van der Waals surface area contributed by atoms with Crippen LogP contribution in [0.2, 0.25) is 0 Å². The summed E-state index contributed by atoms with van der Waals surface area (Å²) in [7, 11) is 0. The van der Waals surface area contributed by atoms with Crippen LogP contribution < -0.4 is 0 Å². The number of ether oxygens (including phenoxy) is 1. The molecule has 0 aromatic heterocycles. The van der Waals surface area contributed by atoms with E-state index in [2.05, 4.69) is 0 Å². The first-order valence-electron chi connectivity index (χ1n) is 6.30. The van der Waals surface area contributed by atoms with Crippen molar-refractivity contribution < 1.29 is 14.6 Å². The molecular weight excluding hydrogens is 216 g/mol. The highest BCUT2D eigenvalue weighted by atomic mass is 16.5. The van der Waals surface area contributed by atoms with Crippen molar-refractivity contribution in [2.45, 2.75) is 66.1 Å². The van der Waals surface area contributed by atoms with Crippen LogP contribution in [0.5, 0.6) is 0 Å². The van der Waals surface area contributed by atoms with Crippen LogP contribution in [-0.2, 0) is 9.53 Å². The molecule has 1 aliphatic heterocycles. The zero-order valence-electron chi connectivity index (χ0n) is 12.1. The summed E-state index contributed by atoms with van der Waals surface area (Å²) >= 11 is 0. The van der Waals surface area contributed by atoms with Crippen molar-refractivity contribution in [2.75, 3.05) is 0 Å². The Balaban J connectivity index is 3.09. The first-order chi connectivity index (χ1) is 7.37. The van der Waals surface area contributed by atoms with Gasteiger partial charge in [-0.15, -0.1) is 0 Å². The predicted molar refractivity (Wildman–Crippen MR) is 67.9 cm³/mol. The monoisotopic (exact) mass is 242 g/mol. The Hall–Kier alpha value is -0.570. The summed E-state index contributed by atoms with van der Waals surface area (Å²) in [5, 5.41) is 9.52. The quantitative estimate of drug-likeness (QED) is 0.808. The molecule has 0 aromatic rings. The van der Waals surface area contributed by atoms with Gasteiger partial charge in [-0.3, -0.25) is 4.79 Å². The van der Waals surface area contributed by atoms with Crippen molar-refractivity contribution in [3.05, 3.63) is 0 Å². The minimum absolute atomic E-state index is 0.0509. The van der Waals surface area contributed by atoms with Crippen LogP contribution in [0.1, 0.15) is 54.9 Å². The Morgan fingerprint density at radius 1 is 1.29 bits per heavy atom. The highest BCUT2D eigenvalue weighted by molar-refractivity contribution is 5.71. The number of carbonyl (C=O) groups is 1. The van der Waals surface area contributed by atoms with Gasteiger partial charge in [-0.2, -0.15) is 0 Å². The smallest absolute Gasteiger partial charge is 0.307 e. The van der Waals surface area contributed by atoms with Crippen LogP contribution in [0.4, 0.5) is 0 Å². The zero-order chi connectivity index (χ0) is 13.6. The second-order valence-electron chi connectivity index (χ2n) is 7.46. The molecule has 3 nitrogen and oxygen atoms in total. The molecule has 1 aliphatic rings. The van der Waals surface area contributed by atoms with Gasteiger partial charge in [-0.05, 0) is 39.5 Å². The molecule has 1 fully saturated rings. The standard InChI is InChI=1S/C14H26O3/c1-12(2,3)10(11(15)16)9-8-13(4,5)17-14(9,6)7/h9-10H,8H2,1-7H3,(H,15,16). The van der Waals surface area contributed by atoms with Gasteiger partial charge in [-0.1, -0.05) is 20.8 Å². The lowest BCUT2D eigenvalue weighted by molar-refractivity contribution is -0.153. The molecule has 0 amide bonds. The Labute approximate surface area is 105 Å². The average molecular weight is 242 g/mol. The van der Waals surface area contributed by atoms with Gasteiger partial charge in [0.05, 0.1) is 17.1 Å². The Bertz CT molecular complexity index is 310. The molecule has 100 valence electrons. The first kappa shape index (κ1) is 14.5. The molecule has 1 N–H and O–H groups in total. The second-order valence-corrected chi connectivity index (χ2v) is 7.46. The highest BCUT2D eigenvalue weighted by Gasteiger charge is 2.53. The Morgan fingerprint density at radius 3 is 2.00 bits per heavy atom. The van der Waals surface area contributed by atoms with E-state index in [0.717, 1.165) is 6.42 Å². The molecule has 2 atom stereocenters. The summed E-state index contributed by atoms with van der Waals surface area (Å²) in [6, 6.07) is 0. The highest BCUT2D eigenvalue weighted by Crippen LogP contribution is 2.50.